The molecule has 0 spiro atoms. The molecule has 1 amide bonds. The maximum absolute atomic E-state index is 13.9. The van der Waals surface area contributed by atoms with Crippen molar-refractivity contribution in [3.05, 3.63) is 65.7 Å². The molecule has 2 aliphatic carbocycles. The minimum atomic E-state index is -0.0244. The zero-order valence-corrected chi connectivity index (χ0v) is 26.6. The van der Waals surface area contributed by atoms with Gasteiger partial charge in [-0.15, -0.1) is 0 Å². The monoisotopic (exact) mass is 574 g/mol. The second kappa shape index (κ2) is 14.4. The second-order valence-electron chi connectivity index (χ2n) is 13.8. The first-order valence-electron chi connectivity index (χ1n) is 16.6. The summed E-state index contributed by atoms with van der Waals surface area (Å²) in [4.78, 5) is 18.9. The molecule has 3 aliphatic rings. The fourth-order valence-corrected chi connectivity index (χ4v) is 7.91. The number of hydrogen-bond acceptors (Lipinski definition) is 4. The third kappa shape index (κ3) is 7.58. The highest BCUT2D eigenvalue weighted by molar-refractivity contribution is 5.76. The summed E-state index contributed by atoms with van der Waals surface area (Å²) in [5.41, 5.74) is 2.73. The Balaban J connectivity index is 1.33. The Labute approximate surface area is 255 Å². The zero-order valence-electron chi connectivity index (χ0n) is 26.6. The van der Waals surface area contributed by atoms with E-state index in [1.807, 2.05) is 7.11 Å². The summed E-state index contributed by atoms with van der Waals surface area (Å²) in [6.07, 6.45) is 10.9. The maximum Gasteiger partial charge on any atom is 0.222 e. The third-order valence-electron chi connectivity index (χ3n) is 10.3. The van der Waals surface area contributed by atoms with Gasteiger partial charge in [-0.2, -0.15) is 0 Å². The number of likely N-dealkylation sites (tertiary alicyclic amines) is 1. The van der Waals surface area contributed by atoms with Crippen LogP contribution in [0.3, 0.4) is 0 Å². The number of rotatable bonds is 14. The van der Waals surface area contributed by atoms with E-state index in [4.69, 9.17) is 9.47 Å². The van der Waals surface area contributed by atoms with E-state index in [0.29, 0.717) is 24.2 Å². The molecule has 0 N–H and O–H groups in total. The summed E-state index contributed by atoms with van der Waals surface area (Å²) >= 11 is 0. The molecule has 0 bridgehead atoms. The number of ether oxygens (including phenoxy) is 2. The van der Waals surface area contributed by atoms with Crippen LogP contribution in [0, 0.1) is 17.8 Å². The van der Waals surface area contributed by atoms with Crippen molar-refractivity contribution in [3.63, 3.8) is 0 Å². The first-order chi connectivity index (χ1) is 20.4. The summed E-state index contributed by atoms with van der Waals surface area (Å²) < 4.78 is 12.1. The predicted octanol–water partition coefficient (Wildman–Crippen LogP) is 7.13. The van der Waals surface area contributed by atoms with Gasteiger partial charge in [0.2, 0.25) is 5.91 Å². The van der Waals surface area contributed by atoms with Crippen LogP contribution < -0.4 is 4.74 Å². The van der Waals surface area contributed by atoms with E-state index in [0.717, 1.165) is 76.2 Å². The van der Waals surface area contributed by atoms with Gasteiger partial charge in [0.05, 0.1) is 13.2 Å². The lowest BCUT2D eigenvalue weighted by Crippen LogP contribution is -2.62. The van der Waals surface area contributed by atoms with Crippen molar-refractivity contribution in [2.75, 3.05) is 40.4 Å². The molecule has 42 heavy (non-hydrogen) atoms. The normalized spacial score (nSPS) is 26.2. The minimum Gasteiger partial charge on any atom is -0.497 e. The SMILES string of the molecule is COc1cccc([C@@]23CCN(CC4CC4)C[C@H]2C(OC)C[C@@H](N(CC(C)C)C(=O)CCCCCc2ccccc2)C3)c1. The molecule has 2 aromatic carbocycles. The number of amides is 1. The van der Waals surface area contributed by atoms with Gasteiger partial charge in [-0.25, -0.2) is 0 Å². The second-order valence-corrected chi connectivity index (χ2v) is 13.8. The van der Waals surface area contributed by atoms with Gasteiger partial charge in [0.15, 0.2) is 0 Å². The number of carbonyl (C=O) groups excluding carboxylic acids is 1. The van der Waals surface area contributed by atoms with Gasteiger partial charge in [-0.1, -0.05) is 62.7 Å². The highest BCUT2D eigenvalue weighted by atomic mass is 16.5. The number of hydrogen-bond donors (Lipinski definition) is 0. The van der Waals surface area contributed by atoms with Crippen molar-refractivity contribution in [1.29, 1.82) is 0 Å². The van der Waals surface area contributed by atoms with E-state index in [-0.39, 0.29) is 17.6 Å². The largest absolute Gasteiger partial charge is 0.497 e. The van der Waals surface area contributed by atoms with Gasteiger partial charge in [0.1, 0.15) is 5.75 Å². The number of unbranched alkanes of at least 4 members (excludes halogenated alkanes) is 2. The minimum absolute atomic E-state index is 0.0244. The summed E-state index contributed by atoms with van der Waals surface area (Å²) in [5.74, 6) is 2.97. The molecule has 230 valence electrons. The van der Waals surface area contributed by atoms with Crippen LogP contribution in [0.25, 0.3) is 0 Å². The maximum atomic E-state index is 13.9. The highest BCUT2D eigenvalue weighted by Gasteiger charge is 2.54. The summed E-state index contributed by atoms with van der Waals surface area (Å²) in [7, 11) is 3.65. The summed E-state index contributed by atoms with van der Waals surface area (Å²) in [6, 6.07) is 19.7. The molecule has 5 nitrogen and oxygen atoms in total. The molecule has 1 unspecified atom stereocenters. The molecule has 5 rings (SSSR count). The number of carbonyl (C=O) groups is 1. The molecular weight excluding hydrogens is 520 g/mol. The lowest BCUT2D eigenvalue weighted by molar-refractivity contribution is -0.141. The van der Waals surface area contributed by atoms with Crippen LogP contribution in [-0.2, 0) is 21.4 Å². The third-order valence-corrected chi connectivity index (χ3v) is 10.3. The fraction of sp³-hybridized carbons (Fsp3) is 0.649. The van der Waals surface area contributed by atoms with Gasteiger partial charge >= 0.3 is 0 Å². The average Bonchev–Trinajstić information content (AvgIpc) is 3.83. The number of benzene rings is 2. The van der Waals surface area contributed by atoms with Crippen LogP contribution >= 0.6 is 0 Å². The molecule has 2 aromatic rings. The molecule has 0 radical (unpaired) electrons. The average molecular weight is 575 g/mol. The molecule has 1 heterocycles. The Bertz CT molecular complexity index is 1130. The Kier molecular flexibility index (Phi) is 10.7. The summed E-state index contributed by atoms with van der Waals surface area (Å²) in [5, 5.41) is 0. The molecule has 2 saturated carbocycles. The van der Waals surface area contributed by atoms with E-state index >= 15 is 0 Å². The lowest BCUT2D eigenvalue weighted by atomic mass is 9.56. The molecule has 3 fully saturated rings. The fourth-order valence-electron chi connectivity index (χ4n) is 7.91. The molecule has 1 aliphatic heterocycles. The van der Waals surface area contributed by atoms with Gasteiger partial charge in [0, 0.05) is 50.5 Å². The number of piperidine rings is 1. The van der Waals surface area contributed by atoms with Crippen LogP contribution in [0.4, 0.5) is 0 Å². The quantitative estimate of drug-likeness (QED) is 0.225. The van der Waals surface area contributed by atoms with Gasteiger partial charge in [-0.3, -0.25) is 4.79 Å². The first kappa shape index (κ1) is 31.1. The molecule has 0 aromatic heterocycles. The Hall–Kier alpha value is -2.37. The number of methoxy groups -OCH3 is 2. The first-order valence-corrected chi connectivity index (χ1v) is 16.6. The number of fused-ring (bicyclic) bond motifs is 1. The Morgan fingerprint density at radius 3 is 2.57 bits per heavy atom. The molecule has 1 saturated heterocycles. The summed E-state index contributed by atoms with van der Waals surface area (Å²) in [6.45, 7) is 8.73. The number of aryl methyl sites for hydroxylation is 1. The van der Waals surface area contributed by atoms with Crippen molar-refractivity contribution in [2.24, 2.45) is 17.8 Å². The Morgan fingerprint density at radius 2 is 1.86 bits per heavy atom. The van der Waals surface area contributed by atoms with Crippen LogP contribution in [0.2, 0.25) is 0 Å². The highest BCUT2D eigenvalue weighted by Crippen LogP contribution is 2.52. The van der Waals surface area contributed by atoms with Crippen molar-refractivity contribution in [1.82, 2.24) is 9.80 Å². The van der Waals surface area contributed by atoms with Gasteiger partial charge in [-0.05, 0) is 93.0 Å². The van der Waals surface area contributed by atoms with E-state index in [9.17, 15) is 4.79 Å². The van der Waals surface area contributed by atoms with Crippen molar-refractivity contribution in [2.45, 2.75) is 95.6 Å². The van der Waals surface area contributed by atoms with Crippen molar-refractivity contribution < 1.29 is 14.3 Å². The van der Waals surface area contributed by atoms with E-state index in [1.54, 1.807) is 7.11 Å². The van der Waals surface area contributed by atoms with Gasteiger partial charge in [0.25, 0.3) is 0 Å². The van der Waals surface area contributed by atoms with Crippen molar-refractivity contribution >= 4 is 5.91 Å². The zero-order chi connectivity index (χ0) is 29.5. The number of nitrogens with zero attached hydrogens (tertiary/aromatic N) is 2. The molecule has 5 heteroatoms. The van der Waals surface area contributed by atoms with E-state index in [1.165, 1.54) is 30.5 Å². The van der Waals surface area contributed by atoms with E-state index in [2.05, 4.69) is 78.2 Å². The van der Waals surface area contributed by atoms with Crippen LogP contribution in [0.15, 0.2) is 54.6 Å². The van der Waals surface area contributed by atoms with E-state index < -0.39 is 0 Å². The standard InChI is InChI=1S/C37H54N2O3/c1-28(2)25-39(36(40)17-10-6-9-14-29-12-7-5-8-13-29)32-23-35(42-4)34-27-38(26-30-18-19-30)21-20-37(34,24-32)31-15-11-16-33(22-31)41-3/h5,7-8,11-13,15-16,22,28,30,32,34-35H,6,9-10,14,17-21,23-27H2,1-4H3/t32-,34+,35?,37+/m1/s1. The van der Waals surface area contributed by atoms with Crippen LogP contribution in [0.1, 0.15) is 82.8 Å². The molecule has 4 atom stereocenters. The molecular formula is C37H54N2O3. The lowest BCUT2D eigenvalue weighted by Gasteiger charge is -2.57. The van der Waals surface area contributed by atoms with Crippen LogP contribution in [-0.4, -0.2) is 68.3 Å². The van der Waals surface area contributed by atoms with Crippen LogP contribution in [0.5, 0.6) is 5.75 Å². The van der Waals surface area contributed by atoms with Gasteiger partial charge < -0.3 is 19.3 Å². The Morgan fingerprint density at radius 1 is 1.05 bits per heavy atom. The smallest absolute Gasteiger partial charge is 0.222 e. The van der Waals surface area contributed by atoms with Crippen molar-refractivity contribution in [3.8, 4) is 5.75 Å². The topological polar surface area (TPSA) is 42.0 Å². The predicted molar refractivity (Wildman–Crippen MR) is 171 cm³/mol.